The standard InChI is InChI=1S/C13H23N3O3S/c1-3-11-19-13-7-5-12(6-8-13)15-20(17,18)16(2)10-4-9-14/h5-8,15H,3-4,9-11,14H2,1-2H3. The number of nitrogens with zero attached hydrogens (tertiary/aromatic N) is 1. The quantitative estimate of drug-likeness (QED) is 0.722. The summed E-state index contributed by atoms with van der Waals surface area (Å²) < 4.78 is 33.2. The fraction of sp³-hybridized carbons (Fsp3) is 0.538. The van der Waals surface area contributed by atoms with Gasteiger partial charge in [0.05, 0.1) is 12.3 Å². The van der Waals surface area contributed by atoms with Crippen molar-refractivity contribution >= 4 is 15.9 Å². The maximum absolute atomic E-state index is 12.0. The molecule has 0 unspecified atom stereocenters. The van der Waals surface area contributed by atoms with E-state index in [9.17, 15) is 8.42 Å². The Hall–Kier alpha value is -1.31. The van der Waals surface area contributed by atoms with Crippen LogP contribution in [-0.4, -0.2) is 39.5 Å². The molecule has 0 radical (unpaired) electrons. The van der Waals surface area contributed by atoms with Crippen LogP contribution in [0.2, 0.25) is 0 Å². The zero-order valence-electron chi connectivity index (χ0n) is 12.0. The molecule has 0 aliphatic rings. The lowest BCUT2D eigenvalue weighted by molar-refractivity contribution is 0.317. The van der Waals surface area contributed by atoms with Gasteiger partial charge < -0.3 is 10.5 Å². The van der Waals surface area contributed by atoms with Gasteiger partial charge in [0.25, 0.3) is 0 Å². The number of nitrogens with one attached hydrogen (secondary N) is 1. The Kier molecular flexibility index (Phi) is 6.77. The second kappa shape index (κ2) is 8.08. The monoisotopic (exact) mass is 301 g/mol. The first-order chi connectivity index (χ1) is 9.49. The van der Waals surface area contributed by atoms with Crippen LogP contribution in [0.5, 0.6) is 5.75 Å². The maximum atomic E-state index is 12.0. The molecule has 7 heteroatoms. The van der Waals surface area contributed by atoms with Crippen molar-refractivity contribution in [2.45, 2.75) is 19.8 Å². The lowest BCUT2D eigenvalue weighted by atomic mass is 10.3. The van der Waals surface area contributed by atoms with Crippen LogP contribution in [0.25, 0.3) is 0 Å². The highest BCUT2D eigenvalue weighted by atomic mass is 32.2. The molecular formula is C13H23N3O3S. The molecule has 1 aromatic carbocycles. The van der Waals surface area contributed by atoms with E-state index in [1.54, 1.807) is 24.3 Å². The van der Waals surface area contributed by atoms with Crippen LogP contribution in [0.3, 0.4) is 0 Å². The van der Waals surface area contributed by atoms with Crippen LogP contribution in [0.4, 0.5) is 5.69 Å². The molecule has 0 fully saturated rings. The third kappa shape index (κ3) is 5.36. The largest absolute Gasteiger partial charge is 0.494 e. The molecule has 1 aromatic rings. The number of nitrogens with two attached hydrogens (primary N) is 1. The zero-order chi connectivity index (χ0) is 15.0. The summed E-state index contributed by atoms with van der Waals surface area (Å²) in [6.07, 6.45) is 1.56. The zero-order valence-corrected chi connectivity index (χ0v) is 12.8. The van der Waals surface area contributed by atoms with Crippen LogP contribution >= 0.6 is 0 Å². The SMILES string of the molecule is CCCOc1ccc(NS(=O)(=O)N(C)CCCN)cc1. The molecule has 3 N–H and O–H groups in total. The van der Waals surface area contributed by atoms with Crippen LogP contribution in [0, 0.1) is 0 Å². The highest BCUT2D eigenvalue weighted by Gasteiger charge is 2.16. The number of hydrogen-bond donors (Lipinski definition) is 2. The van der Waals surface area contributed by atoms with Crippen molar-refractivity contribution in [3.8, 4) is 5.75 Å². The first-order valence-electron chi connectivity index (χ1n) is 6.66. The van der Waals surface area contributed by atoms with Crippen LogP contribution in [-0.2, 0) is 10.2 Å². The predicted octanol–water partition coefficient (Wildman–Crippen LogP) is 1.41. The summed E-state index contributed by atoms with van der Waals surface area (Å²) in [5.74, 6) is 0.728. The van der Waals surface area contributed by atoms with E-state index in [4.69, 9.17) is 10.5 Å². The van der Waals surface area contributed by atoms with E-state index < -0.39 is 10.2 Å². The minimum absolute atomic E-state index is 0.392. The molecule has 0 aliphatic carbocycles. The molecule has 6 nitrogen and oxygen atoms in total. The summed E-state index contributed by atoms with van der Waals surface area (Å²) >= 11 is 0. The molecule has 0 spiro atoms. The van der Waals surface area contributed by atoms with E-state index in [-0.39, 0.29) is 0 Å². The van der Waals surface area contributed by atoms with E-state index in [0.29, 0.717) is 31.8 Å². The van der Waals surface area contributed by atoms with Gasteiger partial charge in [0.2, 0.25) is 0 Å². The van der Waals surface area contributed by atoms with Crippen molar-refractivity contribution < 1.29 is 13.2 Å². The van der Waals surface area contributed by atoms with Gasteiger partial charge in [0.15, 0.2) is 0 Å². The molecule has 0 heterocycles. The predicted molar refractivity (Wildman–Crippen MR) is 81.1 cm³/mol. The van der Waals surface area contributed by atoms with Crippen molar-refractivity contribution in [2.75, 3.05) is 31.5 Å². The Bertz CT molecular complexity index is 488. The minimum atomic E-state index is -3.53. The molecule has 0 saturated carbocycles. The number of ether oxygens (including phenoxy) is 1. The number of hydrogen-bond acceptors (Lipinski definition) is 4. The number of anilines is 1. The molecule has 0 atom stereocenters. The highest BCUT2D eigenvalue weighted by Crippen LogP contribution is 2.17. The number of benzene rings is 1. The van der Waals surface area contributed by atoms with Crippen LogP contribution in [0.15, 0.2) is 24.3 Å². The normalized spacial score (nSPS) is 11.6. The lowest BCUT2D eigenvalue weighted by Crippen LogP contribution is -2.34. The molecule has 0 bridgehead atoms. The van der Waals surface area contributed by atoms with E-state index >= 15 is 0 Å². The third-order valence-electron chi connectivity index (χ3n) is 2.66. The molecule has 0 amide bonds. The molecular weight excluding hydrogens is 278 g/mol. The van der Waals surface area contributed by atoms with E-state index in [2.05, 4.69) is 4.72 Å². The second-order valence-corrected chi connectivity index (χ2v) is 6.22. The van der Waals surface area contributed by atoms with Gasteiger partial charge in [-0.3, -0.25) is 4.72 Å². The van der Waals surface area contributed by atoms with Gasteiger partial charge in [0, 0.05) is 13.6 Å². The summed E-state index contributed by atoms with van der Waals surface area (Å²) in [7, 11) is -2.00. The highest BCUT2D eigenvalue weighted by molar-refractivity contribution is 7.90. The summed E-state index contributed by atoms with van der Waals surface area (Å²) in [4.78, 5) is 0. The Balaban J connectivity index is 2.63. The van der Waals surface area contributed by atoms with Gasteiger partial charge in [-0.2, -0.15) is 12.7 Å². The third-order valence-corrected chi connectivity index (χ3v) is 4.16. The Morgan fingerprint density at radius 1 is 1.30 bits per heavy atom. The summed E-state index contributed by atoms with van der Waals surface area (Å²) in [6, 6.07) is 6.85. The van der Waals surface area contributed by atoms with Gasteiger partial charge in [-0.1, -0.05) is 6.92 Å². The van der Waals surface area contributed by atoms with E-state index in [1.165, 1.54) is 11.4 Å². The van der Waals surface area contributed by atoms with Crippen molar-refractivity contribution in [2.24, 2.45) is 5.73 Å². The topological polar surface area (TPSA) is 84.7 Å². The van der Waals surface area contributed by atoms with Gasteiger partial charge in [-0.15, -0.1) is 0 Å². The van der Waals surface area contributed by atoms with Crippen molar-refractivity contribution in [1.82, 2.24) is 4.31 Å². The fourth-order valence-electron chi connectivity index (χ4n) is 1.50. The second-order valence-electron chi connectivity index (χ2n) is 4.44. The minimum Gasteiger partial charge on any atom is -0.494 e. The summed E-state index contributed by atoms with van der Waals surface area (Å²) in [6.45, 7) is 3.53. The molecule has 20 heavy (non-hydrogen) atoms. The Morgan fingerprint density at radius 2 is 1.95 bits per heavy atom. The molecule has 0 aliphatic heterocycles. The first kappa shape index (κ1) is 16.7. The smallest absolute Gasteiger partial charge is 0.301 e. The lowest BCUT2D eigenvalue weighted by Gasteiger charge is -2.18. The van der Waals surface area contributed by atoms with Gasteiger partial charge >= 0.3 is 10.2 Å². The van der Waals surface area contributed by atoms with Crippen LogP contribution < -0.4 is 15.2 Å². The molecule has 114 valence electrons. The summed E-state index contributed by atoms with van der Waals surface area (Å²) in [5.41, 5.74) is 5.88. The average Bonchev–Trinajstić information content (AvgIpc) is 2.43. The van der Waals surface area contributed by atoms with Gasteiger partial charge in [0.1, 0.15) is 5.75 Å². The molecule has 1 rings (SSSR count). The van der Waals surface area contributed by atoms with Gasteiger partial charge in [-0.05, 0) is 43.7 Å². The Morgan fingerprint density at radius 3 is 2.50 bits per heavy atom. The molecule has 0 saturated heterocycles. The van der Waals surface area contributed by atoms with Crippen LogP contribution in [0.1, 0.15) is 19.8 Å². The Labute approximate surface area is 121 Å². The van der Waals surface area contributed by atoms with Crippen molar-refractivity contribution in [1.29, 1.82) is 0 Å². The van der Waals surface area contributed by atoms with Crippen molar-refractivity contribution in [3.05, 3.63) is 24.3 Å². The molecule has 0 aromatic heterocycles. The van der Waals surface area contributed by atoms with E-state index in [0.717, 1.165) is 12.2 Å². The van der Waals surface area contributed by atoms with Gasteiger partial charge in [-0.25, -0.2) is 0 Å². The van der Waals surface area contributed by atoms with Crippen molar-refractivity contribution in [3.63, 3.8) is 0 Å². The maximum Gasteiger partial charge on any atom is 0.301 e. The fourth-order valence-corrected chi connectivity index (χ4v) is 2.46. The number of rotatable bonds is 9. The summed E-state index contributed by atoms with van der Waals surface area (Å²) in [5, 5.41) is 0. The average molecular weight is 301 g/mol. The first-order valence-corrected chi connectivity index (χ1v) is 8.10. The van der Waals surface area contributed by atoms with E-state index in [1.807, 2.05) is 6.92 Å².